The van der Waals surface area contributed by atoms with Crippen molar-refractivity contribution in [3.05, 3.63) is 17.5 Å². The molecule has 1 aromatic heterocycles. The van der Waals surface area contributed by atoms with E-state index in [0.29, 0.717) is 18.4 Å². The van der Waals surface area contributed by atoms with Crippen LogP contribution in [0.15, 0.2) is 11.2 Å². The number of hydrogen-bond donors (Lipinski definition) is 2. The number of nitrogens with zero attached hydrogens (tertiary/aromatic N) is 2. The van der Waals surface area contributed by atoms with E-state index in [2.05, 4.69) is 15.3 Å². The van der Waals surface area contributed by atoms with Crippen molar-refractivity contribution in [2.45, 2.75) is 37.9 Å². The predicted octanol–water partition coefficient (Wildman–Crippen LogP) is 1.18. The number of carbonyl (C=O) groups is 2. The van der Waals surface area contributed by atoms with E-state index in [1.165, 1.54) is 11.8 Å². The van der Waals surface area contributed by atoms with Crippen LogP contribution < -0.4 is 5.32 Å². The molecule has 1 aliphatic rings. The van der Waals surface area contributed by atoms with Crippen molar-refractivity contribution in [2.24, 2.45) is 5.92 Å². The average molecular weight is 339 g/mol. The zero-order valence-electron chi connectivity index (χ0n) is 13.2. The van der Waals surface area contributed by atoms with E-state index >= 15 is 0 Å². The molecule has 2 N–H and O–H groups in total. The third-order valence-electron chi connectivity index (χ3n) is 3.54. The predicted molar refractivity (Wildman–Crippen MR) is 85.3 cm³/mol. The molecular weight excluding hydrogens is 318 g/mol. The highest BCUT2D eigenvalue weighted by Gasteiger charge is 2.31. The fraction of sp³-hybridized carbons (Fsp3) is 0.600. The lowest BCUT2D eigenvalue weighted by Crippen LogP contribution is -2.48. The highest BCUT2D eigenvalue weighted by Crippen LogP contribution is 2.19. The molecule has 0 bridgehead atoms. The second-order valence-corrected chi connectivity index (χ2v) is 6.53. The van der Waals surface area contributed by atoms with Gasteiger partial charge in [-0.1, -0.05) is 11.8 Å². The van der Waals surface area contributed by atoms with Crippen molar-refractivity contribution >= 4 is 23.6 Å². The molecule has 0 aliphatic carbocycles. The highest BCUT2D eigenvalue weighted by atomic mass is 32.2. The van der Waals surface area contributed by atoms with Crippen molar-refractivity contribution in [3.63, 3.8) is 0 Å². The normalized spacial score (nSPS) is 19.1. The van der Waals surface area contributed by atoms with Gasteiger partial charge in [-0.05, 0) is 32.8 Å². The summed E-state index contributed by atoms with van der Waals surface area (Å²) in [5, 5.41) is 12.4. The molecule has 1 fully saturated rings. The minimum atomic E-state index is -1.03. The first-order chi connectivity index (χ1) is 11.0. The maximum atomic E-state index is 12.1. The summed E-state index contributed by atoms with van der Waals surface area (Å²) in [6.45, 7) is 4.74. The molecule has 23 heavy (non-hydrogen) atoms. The van der Waals surface area contributed by atoms with Crippen molar-refractivity contribution in [1.29, 1.82) is 0 Å². The van der Waals surface area contributed by atoms with Crippen LogP contribution in [0.25, 0.3) is 0 Å². The van der Waals surface area contributed by atoms with Gasteiger partial charge < -0.3 is 15.2 Å². The van der Waals surface area contributed by atoms with Crippen LogP contribution in [-0.2, 0) is 14.3 Å². The highest BCUT2D eigenvalue weighted by molar-refractivity contribution is 7.99. The zero-order valence-corrected chi connectivity index (χ0v) is 14.1. The third-order valence-corrected chi connectivity index (χ3v) is 4.39. The van der Waals surface area contributed by atoms with Gasteiger partial charge in [0.25, 0.3) is 0 Å². The van der Waals surface area contributed by atoms with Gasteiger partial charge >= 0.3 is 5.97 Å². The number of carboxylic acid groups (broad SMARTS) is 1. The molecule has 1 amide bonds. The summed E-state index contributed by atoms with van der Waals surface area (Å²) in [7, 11) is 0. The monoisotopic (exact) mass is 339 g/mol. The van der Waals surface area contributed by atoms with E-state index in [1.54, 1.807) is 0 Å². The molecule has 2 atom stereocenters. The van der Waals surface area contributed by atoms with Gasteiger partial charge in [-0.2, -0.15) is 0 Å². The smallest absolute Gasteiger partial charge is 0.326 e. The van der Waals surface area contributed by atoms with E-state index in [9.17, 15) is 14.7 Å². The maximum absolute atomic E-state index is 12.1. The fourth-order valence-electron chi connectivity index (χ4n) is 2.51. The van der Waals surface area contributed by atoms with Crippen molar-refractivity contribution in [2.75, 3.05) is 19.0 Å². The Morgan fingerprint density at radius 2 is 2.13 bits per heavy atom. The first kappa shape index (κ1) is 17.7. The first-order valence-electron chi connectivity index (χ1n) is 7.50. The van der Waals surface area contributed by atoms with Crippen LogP contribution in [0.2, 0.25) is 0 Å². The zero-order chi connectivity index (χ0) is 16.8. The molecule has 2 unspecified atom stereocenters. The topological polar surface area (TPSA) is 101 Å². The number of carbonyl (C=O) groups excluding carboxylic acids is 1. The van der Waals surface area contributed by atoms with Crippen LogP contribution >= 0.6 is 11.8 Å². The van der Waals surface area contributed by atoms with E-state index < -0.39 is 12.0 Å². The van der Waals surface area contributed by atoms with Crippen molar-refractivity contribution in [3.8, 4) is 0 Å². The van der Waals surface area contributed by atoms with Crippen LogP contribution in [0.1, 0.15) is 24.2 Å². The Morgan fingerprint density at radius 1 is 1.43 bits per heavy atom. The molecule has 1 aromatic rings. The molecule has 0 aromatic carbocycles. The number of ether oxygens (including phenoxy) is 1. The molecule has 2 heterocycles. The first-order valence-corrected chi connectivity index (χ1v) is 8.49. The largest absolute Gasteiger partial charge is 0.480 e. The SMILES string of the molecule is Cc1cc(C)nc(SCC(=O)NC(C(=O)O)C2CCCOC2)n1. The summed E-state index contributed by atoms with van der Waals surface area (Å²) >= 11 is 1.20. The Labute approximate surface area is 139 Å². The van der Waals surface area contributed by atoms with Crippen LogP contribution in [0, 0.1) is 19.8 Å². The standard InChI is InChI=1S/C15H21N3O4S/c1-9-6-10(2)17-15(16-9)23-8-12(19)18-13(14(20)21)11-4-3-5-22-7-11/h6,11,13H,3-5,7-8H2,1-2H3,(H,18,19)(H,20,21). The average Bonchev–Trinajstić information content (AvgIpc) is 2.50. The molecule has 126 valence electrons. The summed E-state index contributed by atoms with van der Waals surface area (Å²) in [5.41, 5.74) is 1.67. The Morgan fingerprint density at radius 3 is 2.70 bits per heavy atom. The van der Waals surface area contributed by atoms with Gasteiger partial charge in [0.1, 0.15) is 6.04 Å². The summed E-state index contributed by atoms with van der Waals surface area (Å²) in [6.07, 6.45) is 1.56. The van der Waals surface area contributed by atoms with Gasteiger partial charge in [0.15, 0.2) is 5.16 Å². The lowest BCUT2D eigenvalue weighted by atomic mass is 9.94. The van der Waals surface area contributed by atoms with Crippen LogP contribution in [0.3, 0.4) is 0 Å². The fourth-order valence-corrected chi connectivity index (χ4v) is 3.27. The van der Waals surface area contributed by atoms with E-state index in [1.807, 2.05) is 19.9 Å². The van der Waals surface area contributed by atoms with Gasteiger partial charge in [-0.3, -0.25) is 4.79 Å². The molecule has 2 rings (SSSR count). The van der Waals surface area contributed by atoms with Crippen molar-refractivity contribution < 1.29 is 19.4 Å². The molecule has 1 saturated heterocycles. The third kappa shape index (κ3) is 5.47. The van der Waals surface area contributed by atoms with Gasteiger partial charge in [0.05, 0.1) is 12.4 Å². The number of rotatable bonds is 6. The number of aromatic nitrogens is 2. The molecule has 0 radical (unpaired) electrons. The van der Waals surface area contributed by atoms with Crippen LogP contribution in [-0.4, -0.2) is 52.0 Å². The lowest BCUT2D eigenvalue weighted by molar-refractivity contribution is -0.144. The van der Waals surface area contributed by atoms with E-state index in [0.717, 1.165) is 24.2 Å². The van der Waals surface area contributed by atoms with E-state index in [4.69, 9.17) is 4.74 Å². The number of carboxylic acids is 1. The Balaban J connectivity index is 1.89. The Kier molecular flexibility index (Phi) is 6.35. The molecular formula is C15H21N3O4S. The summed E-state index contributed by atoms with van der Waals surface area (Å²) < 4.78 is 5.31. The number of aryl methyl sites for hydroxylation is 2. The molecule has 7 nitrogen and oxygen atoms in total. The number of nitrogens with one attached hydrogen (secondary N) is 1. The number of aliphatic carboxylic acids is 1. The molecule has 0 spiro atoms. The molecule has 0 saturated carbocycles. The van der Waals surface area contributed by atoms with Crippen LogP contribution in [0.5, 0.6) is 0 Å². The second-order valence-electron chi connectivity index (χ2n) is 5.58. The van der Waals surface area contributed by atoms with Crippen LogP contribution in [0.4, 0.5) is 0 Å². The minimum absolute atomic E-state index is 0.0836. The quantitative estimate of drug-likeness (QED) is 0.593. The Bertz CT molecular complexity index is 556. The number of thioether (sulfide) groups is 1. The van der Waals surface area contributed by atoms with Gasteiger partial charge in [-0.25, -0.2) is 14.8 Å². The summed E-state index contributed by atoms with van der Waals surface area (Å²) in [5.74, 6) is -1.47. The maximum Gasteiger partial charge on any atom is 0.326 e. The minimum Gasteiger partial charge on any atom is -0.480 e. The van der Waals surface area contributed by atoms with Crippen molar-refractivity contribution in [1.82, 2.24) is 15.3 Å². The second kappa shape index (κ2) is 8.26. The molecule has 8 heteroatoms. The lowest BCUT2D eigenvalue weighted by Gasteiger charge is -2.28. The number of hydrogen-bond acceptors (Lipinski definition) is 6. The molecule has 1 aliphatic heterocycles. The van der Waals surface area contributed by atoms with Gasteiger partial charge in [-0.15, -0.1) is 0 Å². The summed E-state index contributed by atoms with van der Waals surface area (Å²) in [4.78, 5) is 31.9. The Hall–Kier alpha value is -1.67. The number of amides is 1. The summed E-state index contributed by atoms with van der Waals surface area (Å²) in [6, 6.07) is 0.941. The van der Waals surface area contributed by atoms with E-state index in [-0.39, 0.29) is 17.6 Å². The van der Waals surface area contributed by atoms with Gasteiger partial charge in [0.2, 0.25) is 5.91 Å². The van der Waals surface area contributed by atoms with Gasteiger partial charge in [0, 0.05) is 23.9 Å².